The molecule has 17 heavy (non-hydrogen) atoms. The summed E-state index contributed by atoms with van der Waals surface area (Å²) in [7, 11) is 0. The van der Waals surface area contributed by atoms with E-state index in [1.807, 2.05) is 13.8 Å². The van der Waals surface area contributed by atoms with Crippen LogP contribution in [0, 0.1) is 12.8 Å². The Hall–Kier alpha value is -1.36. The molecule has 3 N–H and O–H groups in total. The van der Waals surface area contributed by atoms with Gasteiger partial charge in [0, 0.05) is 12.2 Å². The van der Waals surface area contributed by atoms with Crippen LogP contribution in [-0.2, 0) is 24.2 Å². The monoisotopic (exact) mass is 236 g/mol. The summed E-state index contributed by atoms with van der Waals surface area (Å²) in [6.07, 6.45) is 4.59. The van der Waals surface area contributed by atoms with Crippen LogP contribution in [0.1, 0.15) is 37.0 Å². The molecule has 1 heterocycles. The molecule has 0 aliphatic heterocycles. The molecule has 0 saturated heterocycles. The first-order valence-electron chi connectivity index (χ1n) is 6.18. The van der Waals surface area contributed by atoms with Gasteiger partial charge in [0.2, 0.25) is 5.91 Å². The Balaban J connectivity index is 2.20. The zero-order chi connectivity index (χ0) is 12.4. The van der Waals surface area contributed by atoms with Crippen LogP contribution in [-0.4, -0.2) is 15.5 Å². The highest BCUT2D eigenvalue weighted by atomic mass is 16.2. The number of nitrogens with zero attached hydrogens (tertiary/aromatic N) is 2. The molecule has 1 aromatic rings. The number of hydrazine groups is 1. The van der Waals surface area contributed by atoms with Crippen molar-refractivity contribution in [2.75, 3.05) is 0 Å². The molecule has 1 aromatic heterocycles. The van der Waals surface area contributed by atoms with E-state index in [4.69, 9.17) is 5.84 Å². The lowest BCUT2D eigenvalue weighted by molar-refractivity contribution is -0.124. The van der Waals surface area contributed by atoms with Crippen molar-refractivity contribution in [3.05, 3.63) is 17.2 Å². The van der Waals surface area contributed by atoms with Crippen LogP contribution >= 0.6 is 0 Å². The highest BCUT2D eigenvalue weighted by Gasteiger charge is 2.21. The molecule has 5 nitrogen and oxygen atoms in total. The molecule has 1 amide bonds. The molecule has 0 bridgehead atoms. The van der Waals surface area contributed by atoms with Gasteiger partial charge in [-0.05, 0) is 32.6 Å². The second-order valence-corrected chi connectivity index (χ2v) is 4.78. The molecule has 0 spiro atoms. The van der Waals surface area contributed by atoms with Crippen molar-refractivity contribution in [3.63, 3.8) is 0 Å². The molecule has 2 rings (SSSR count). The largest absolute Gasteiger partial charge is 0.331 e. The summed E-state index contributed by atoms with van der Waals surface area (Å²) in [5.41, 5.74) is 4.73. The van der Waals surface area contributed by atoms with Gasteiger partial charge >= 0.3 is 0 Å². The number of rotatable bonds is 3. The number of hydrogen-bond acceptors (Lipinski definition) is 3. The third-order valence-electron chi connectivity index (χ3n) is 3.47. The number of hydrogen-bond donors (Lipinski definition) is 2. The first-order valence-corrected chi connectivity index (χ1v) is 6.18. The summed E-state index contributed by atoms with van der Waals surface area (Å²) >= 11 is 0. The van der Waals surface area contributed by atoms with E-state index in [1.165, 1.54) is 24.2 Å². The van der Waals surface area contributed by atoms with Crippen molar-refractivity contribution in [1.29, 1.82) is 0 Å². The lowest BCUT2D eigenvalue weighted by Gasteiger charge is -2.17. The van der Waals surface area contributed by atoms with Gasteiger partial charge in [-0.2, -0.15) is 0 Å². The Labute approximate surface area is 101 Å². The van der Waals surface area contributed by atoms with Crippen molar-refractivity contribution in [2.45, 2.75) is 46.1 Å². The van der Waals surface area contributed by atoms with E-state index in [9.17, 15) is 4.79 Å². The van der Waals surface area contributed by atoms with E-state index in [-0.39, 0.29) is 11.8 Å². The summed E-state index contributed by atoms with van der Waals surface area (Å²) in [6.45, 7) is 4.56. The van der Waals surface area contributed by atoms with Crippen LogP contribution in [0.2, 0.25) is 0 Å². The summed E-state index contributed by atoms with van der Waals surface area (Å²) < 4.78 is 2.17. The topological polar surface area (TPSA) is 72.9 Å². The van der Waals surface area contributed by atoms with Crippen molar-refractivity contribution >= 4 is 5.91 Å². The lowest BCUT2D eigenvalue weighted by Crippen LogP contribution is -2.36. The number of carbonyl (C=O) groups excluding carboxylic acids is 1. The minimum atomic E-state index is -0.126. The number of carbonyl (C=O) groups is 1. The molecule has 0 fully saturated rings. The third-order valence-corrected chi connectivity index (χ3v) is 3.47. The highest BCUT2D eigenvalue weighted by molar-refractivity contribution is 5.77. The van der Waals surface area contributed by atoms with E-state index >= 15 is 0 Å². The number of aryl methyl sites for hydroxylation is 2. The van der Waals surface area contributed by atoms with E-state index in [0.29, 0.717) is 6.54 Å². The number of nitrogens with one attached hydrogen (secondary N) is 1. The van der Waals surface area contributed by atoms with Crippen LogP contribution in [0.15, 0.2) is 0 Å². The van der Waals surface area contributed by atoms with Crippen LogP contribution in [0.4, 0.5) is 0 Å². The minimum Gasteiger partial charge on any atom is -0.331 e. The number of nitrogens with two attached hydrogens (primary N) is 1. The van der Waals surface area contributed by atoms with Crippen LogP contribution in [0.3, 0.4) is 0 Å². The molecule has 1 atom stereocenters. The van der Waals surface area contributed by atoms with E-state index in [1.54, 1.807) is 0 Å². The molecule has 5 heteroatoms. The Morgan fingerprint density at radius 3 is 2.94 bits per heavy atom. The first kappa shape index (κ1) is 12.1. The maximum atomic E-state index is 11.4. The van der Waals surface area contributed by atoms with E-state index in [0.717, 1.165) is 18.7 Å². The van der Waals surface area contributed by atoms with Gasteiger partial charge in [-0.15, -0.1) is 0 Å². The SMILES string of the molecule is Cc1nc2c(n1CC(C)C(=O)NN)CCCC2. The maximum absolute atomic E-state index is 11.4. The molecule has 1 unspecified atom stereocenters. The first-order chi connectivity index (χ1) is 8.13. The summed E-state index contributed by atoms with van der Waals surface area (Å²) in [5, 5.41) is 0. The van der Waals surface area contributed by atoms with Crippen LogP contribution < -0.4 is 11.3 Å². The van der Waals surface area contributed by atoms with E-state index in [2.05, 4.69) is 15.0 Å². The molecule has 94 valence electrons. The maximum Gasteiger partial charge on any atom is 0.238 e. The fourth-order valence-electron chi connectivity index (χ4n) is 2.48. The normalized spacial score (nSPS) is 16.4. The molecule has 0 radical (unpaired) electrons. The van der Waals surface area contributed by atoms with Gasteiger partial charge in [0.1, 0.15) is 5.82 Å². The van der Waals surface area contributed by atoms with Gasteiger partial charge in [-0.1, -0.05) is 6.92 Å². The van der Waals surface area contributed by atoms with Crippen LogP contribution in [0.25, 0.3) is 0 Å². The molecule has 1 aliphatic carbocycles. The standard InChI is InChI=1S/C12H20N4O/c1-8(12(17)15-13)7-16-9(2)14-10-5-3-4-6-11(10)16/h8H,3-7,13H2,1-2H3,(H,15,17). The van der Waals surface area contributed by atoms with E-state index < -0.39 is 0 Å². The molecular formula is C12H20N4O. The number of aromatic nitrogens is 2. The van der Waals surface area contributed by atoms with Gasteiger partial charge in [0.15, 0.2) is 0 Å². The van der Waals surface area contributed by atoms with Crippen molar-refractivity contribution in [3.8, 4) is 0 Å². The van der Waals surface area contributed by atoms with Crippen molar-refractivity contribution in [2.24, 2.45) is 11.8 Å². The number of amides is 1. The number of imidazole rings is 1. The van der Waals surface area contributed by atoms with Gasteiger partial charge in [0.05, 0.1) is 11.6 Å². The molecule has 1 aliphatic rings. The average Bonchev–Trinajstić information content (AvgIpc) is 2.65. The summed E-state index contributed by atoms with van der Waals surface area (Å²) in [5.74, 6) is 5.91. The predicted octanol–water partition coefficient (Wildman–Crippen LogP) is 0.696. The molecule has 0 aromatic carbocycles. The zero-order valence-corrected chi connectivity index (χ0v) is 10.5. The number of fused-ring (bicyclic) bond motifs is 1. The second-order valence-electron chi connectivity index (χ2n) is 4.78. The fourth-order valence-corrected chi connectivity index (χ4v) is 2.48. The Morgan fingerprint density at radius 2 is 2.24 bits per heavy atom. The van der Waals surface area contributed by atoms with Crippen molar-refractivity contribution in [1.82, 2.24) is 15.0 Å². The zero-order valence-electron chi connectivity index (χ0n) is 10.5. The van der Waals surface area contributed by atoms with Crippen LogP contribution in [0.5, 0.6) is 0 Å². The Morgan fingerprint density at radius 1 is 1.53 bits per heavy atom. The highest BCUT2D eigenvalue weighted by Crippen LogP contribution is 2.22. The Kier molecular flexibility index (Phi) is 3.47. The summed E-state index contributed by atoms with van der Waals surface area (Å²) in [4.78, 5) is 16.0. The van der Waals surface area contributed by atoms with Gasteiger partial charge in [0.25, 0.3) is 0 Å². The van der Waals surface area contributed by atoms with Crippen molar-refractivity contribution < 1.29 is 4.79 Å². The second kappa shape index (κ2) is 4.87. The third kappa shape index (κ3) is 2.34. The Bertz CT molecular complexity index is 424. The average molecular weight is 236 g/mol. The molecular weight excluding hydrogens is 216 g/mol. The summed E-state index contributed by atoms with van der Waals surface area (Å²) in [6, 6.07) is 0. The van der Waals surface area contributed by atoms with Gasteiger partial charge < -0.3 is 4.57 Å². The fraction of sp³-hybridized carbons (Fsp3) is 0.667. The smallest absolute Gasteiger partial charge is 0.238 e. The lowest BCUT2D eigenvalue weighted by atomic mass is 10.0. The van der Waals surface area contributed by atoms with Gasteiger partial charge in [-0.25, -0.2) is 10.8 Å². The quantitative estimate of drug-likeness (QED) is 0.461. The van der Waals surface area contributed by atoms with Gasteiger partial charge in [-0.3, -0.25) is 10.2 Å². The minimum absolute atomic E-state index is 0.123. The molecule has 0 saturated carbocycles. The predicted molar refractivity (Wildman–Crippen MR) is 65.1 cm³/mol.